The Hall–Kier alpha value is -1.55. The maximum absolute atomic E-state index is 12.6. The number of aryl methyl sites for hydroxylation is 1. The van der Waals surface area contributed by atoms with Gasteiger partial charge in [0.1, 0.15) is 5.75 Å². The van der Waals surface area contributed by atoms with Gasteiger partial charge in [-0.1, -0.05) is 17.7 Å². The molecule has 2 aliphatic heterocycles. The van der Waals surface area contributed by atoms with E-state index in [0.717, 1.165) is 25.3 Å². The molecule has 1 amide bonds. The van der Waals surface area contributed by atoms with Crippen LogP contribution in [0, 0.1) is 6.92 Å². The van der Waals surface area contributed by atoms with E-state index in [2.05, 4.69) is 5.32 Å². The van der Waals surface area contributed by atoms with E-state index < -0.39 is 6.10 Å². The normalized spacial score (nSPS) is 26.3. The Morgan fingerprint density at radius 2 is 1.95 bits per heavy atom. The summed E-state index contributed by atoms with van der Waals surface area (Å²) >= 11 is 0. The van der Waals surface area contributed by atoms with E-state index in [-0.39, 0.29) is 5.91 Å². The molecule has 0 saturated carbocycles. The predicted molar refractivity (Wildman–Crippen MR) is 82.4 cm³/mol. The van der Waals surface area contributed by atoms with Crippen molar-refractivity contribution in [1.29, 1.82) is 0 Å². The minimum Gasteiger partial charge on any atom is -0.481 e. The largest absolute Gasteiger partial charge is 0.481 e. The molecule has 2 bridgehead atoms. The van der Waals surface area contributed by atoms with E-state index in [0.29, 0.717) is 12.1 Å². The maximum Gasteiger partial charge on any atom is 0.263 e. The molecule has 3 rings (SSSR count). The lowest BCUT2D eigenvalue weighted by atomic mass is 10.1. The molecule has 1 aromatic carbocycles. The number of fused-ring (bicyclic) bond motifs is 2. The van der Waals surface area contributed by atoms with Crippen LogP contribution in [0.3, 0.4) is 0 Å². The summed E-state index contributed by atoms with van der Waals surface area (Å²) < 4.78 is 5.79. The van der Waals surface area contributed by atoms with Gasteiger partial charge in [0.05, 0.1) is 0 Å². The molecule has 2 saturated heterocycles. The number of carbonyl (C=O) groups excluding carboxylic acids is 1. The van der Waals surface area contributed by atoms with Crippen LogP contribution in [-0.2, 0) is 4.79 Å². The lowest BCUT2D eigenvalue weighted by Crippen LogP contribution is -2.44. The second-order valence-corrected chi connectivity index (χ2v) is 6.28. The van der Waals surface area contributed by atoms with Crippen molar-refractivity contribution in [3.63, 3.8) is 0 Å². The number of amides is 1. The van der Waals surface area contributed by atoms with Crippen LogP contribution in [0.1, 0.15) is 31.7 Å². The van der Waals surface area contributed by atoms with Gasteiger partial charge in [-0.05, 0) is 45.2 Å². The number of hydrogen-bond acceptors (Lipinski definition) is 3. The first-order valence-electron chi connectivity index (χ1n) is 7.90. The Morgan fingerprint density at radius 3 is 2.71 bits per heavy atom. The van der Waals surface area contributed by atoms with Crippen LogP contribution in [0.15, 0.2) is 24.3 Å². The molecular formula is C17H24N2O2. The van der Waals surface area contributed by atoms with E-state index >= 15 is 0 Å². The lowest BCUT2D eigenvalue weighted by Gasteiger charge is -2.27. The van der Waals surface area contributed by atoms with Crippen molar-refractivity contribution in [1.82, 2.24) is 10.2 Å². The van der Waals surface area contributed by atoms with Crippen LogP contribution < -0.4 is 10.1 Å². The third-order valence-corrected chi connectivity index (χ3v) is 4.52. The van der Waals surface area contributed by atoms with Gasteiger partial charge in [0, 0.05) is 25.2 Å². The smallest absolute Gasteiger partial charge is 0.263 e. The number of ether oxygens (including phenoxy) is 1. The van der Waals surface area contributed by atoms with Gasteiger partial charge in [-0.15, -0.1) is 0 Å². The average molecular weight is 288 g/mol. The highest BCUT2D eigenvalue weighted by Gasteiger charge is 2.32. The van der Waals surface area contributed by atoms with Gasteiger partial charge in [0.25, 0.3) is 5.91 Å². The predicted octanol–water partition coefficient (Wildman–Crippen LogP) is 2.12. The molecule has 3 atom stereocenters. The van der Waals surface area contributed by atoms with Crippen LogP contribution in [0.2, 0.25) is 0 Å². The molecule has 1 aromatic rings. The minimum absolute atomic E-state index is 0.102. The molecule has 4 nitrogen and oxygen atoms in total. The lowest BCUT2D eigenvalue weighted by molar-refractivity contribution is -0.138. The number of rotatable bonds is 3. The highest BCUT2D eigenvalue weighted by atomic mass is 16.5. The Labute approximate surface area is 126 Å². The van der Waals surface area contributed by atoms with Gasteiger partial charge in [0.15, 0.2) is 6.10 Å². The second-order valence-electron chi connectivity index (χ2n) is 6.28. The highest BCUT2D eigenvalue weighted by Crippen LogP contribution is 2.21. The number of nitrogens with zero attached hydrogens (tertiary/aromatic N) is 1. The van der Waals surface area contributed by atoms with Gasteiger partial charge in [-0.3, -0.25) is 4.79 Å². The van der Waals surface area contributed by atoms with Crippen molar-refractivity contribution in [2.75, 3.05) is 13.1 Å². The molecule has 2 fully saturated rings. The summed E-state index contributed by atoms with van der Waals surface area (Å²) in [6.07, 6.45) is 3.06. The molecule has 4 heteroatoms. The summed E-state index contributed by atoms with van der Waals surface area (Å²) in [6, 6.07) is 8.91. The zero-order valence-electron chi connectivity index (χ0n) is 12.8. The molecular weight excluding hydrogens is 264 g/mol. The number of benzene rings is 1. The molecule has 0 aliphatic carbocycles. The van der Waals surface area contributed by atoms with Gasteiger partial charge in [0.2, 0.25) is 0 Å². The van der Waals surface area contributed by atoms with E-state index in [1.54, 1.807) is 0 Å². The van der Waals surface area contributed by atoms with Crippen molar-refractivity contribution in [2.24, 2.45) is 0 Å². The Balaban J connectivity index is 1.60. The van der Waals surface area contributed by atoms with Crippen molar-refractivity contribution in [2.45, 2.75) is 51.3 Å². The molecule has 2 heterocycles. The first kappa shape index (κ1) is 14.4. The maximum atomic E-state index is 12.6. The third kappa shape index (κ3) is 3.38. The Morgan fingerprint density at radius 1 is 1.24 bits per heavy atom. The first-order valence-corrected chi connectivity index (χ1v) is 7.90. The molecule has 0 spiro atoms. The summed E-state index contributed by atoms with van der Waals surface area (Å²) in [5, 5.41) is 3.60. The molecule has 1 N–H and O–H groups in total. The first-order chi connectivity index (χ1) is 10.1. The zero-order chi connectivity index (χ0) is 14.8. The third-order valence-electron chi connectivity index (χ3n) is 4.52. The Kier molecular flexibility index (Phi) is 4.15. The van der Waals surface area contributed by atoms with Gasteiger partial charge >= 0.3 is 0 Å². The minimum atomic E-state index is -0.427. The number of likely N-dealkylation sites (tertiary alicyclic amines) is 1. The molecule has 3 unspecified atom stereocenters. The summed E-state index contributed by atoms with van der Waals surface area (Å²) in [5.74, 6) is 0.862. The van der Waals surface area contributed by atoms with E-state index in [1.807, 2.05) is 43.0 Å². The quantitative estimate of drug-likeness (QED) is 0.926. The summed E-state index contributed by atoms with van der Waals surface area (Å²) in [7, 11) is 0. The van der Waals surface area contributed by atoms with Gasteiger partial charge in [-0.2, -0.15) is 0 Å². The highest BCUT2D eigenvalue weighted by molar-refractivity contribution is 5.81. The van der Waals surface area contributed by atoms with Crippen molar-refractivity contribution >= 4 is 5.91 Å². The summed E-state index contributed by atoms with van der Waals surface area (Å²) in [6.45, 7) is 5.54. The van der Waals surface area contributed by atoms with Crippen LogP contribution >= 0.6 is 0 Å². The molecule has 2 aliphatic rings. The number of carbonyl (C=O) groups is 1. The van der Waals surface area contributed by atoms with Crippen molar-refractivity contribution < 1.29 is 9.53 Å². The van der Waals surface area contributed by atoms with Crippen LogP contribution in [0.4, 0.5) is 0 Å². The van der Waals surface area contributed by atoms with Crippen molar-refractivity contribution in [3.05, 3.63) is 29.8 Å². The van der Waals surface area contributed by atoms with Crippen LogP contribution in [0.5, 0.6) is 5.75 Å². The number of hydrogen-bond donors (Lipinski definition) is 1. The van der Waals surface area contributed by atoms with Crippen LogP contribution in [0.25, 0.3) is 0 Å². The fourth-order valence-electron chi connectivity index (χ4n) is 3.27. The summed E-state index contributed by atoms with van der Waals surface area (Å²) in [5.41, 5.74) is 1.19. The number of nitrogens with one attached hydrogen (secondary N) is 1. The SMILES string of the molecule is Cc1ccc(OC(C)C(=O)N2CCC3CCC(C2)N3)cc1. The second kappa shape index (κ2) is 6.06. The fraction of sp³-hybridized carbons (Fsp3) is 0.588. The fourth-order valence-corrected chi connectivity index (χ4v) is 3.27. The standard InChI is InChI=1S/C17H24N2O2/c1-12-3-7-16(8-4-12)21-13(2)17(20)19-10-9-14-5-6-15(11-19)18-14/h3-4,7-8,13-15,18H,5-6,9-11H2,1-2H3. The molecule has 0 aromatic heterocycles. The average Bonchev–Trinajstić information content (AvgIpc) is 2.80. The van der Waals surface area contributed by atoms with Gasteiger partial charge in [-0.25, -0.2) is 0 Å². The summed E-state index contributed by atoms with van der Waals surface area (Å²) in [4.78, 5) is 14.5. The topological polar surface area (TPSA) is 41.6 Å². The molecule has 114 valence electrons. The molecule has 21 heavy (non-hydrogen) atoms. The van der Waals surface area contributed by atoms with E-state index in [4.69, 9.17) is 4.74 Å². The van der Waals surface area contributed by atoms with E-state index in [9.17, 15) is 4.79 Å². The van der Waals surface area contributed by atoms with Crippen molar-refractivity contribution in [3.8, 4) is 5.75 Å². The zero-order valence-corrected chi connectivity index (χ0v) is 12.8. The van der Waals surface area contributed by atoms with Crippen LogP contribution in [-0.4, -0.2) is 42.1 Å². The monoisotopic (exact) mass is 288 g/mol. The van der Waals surface area contributed by atoms with Gasteiger partial charge < -0.3 is 15.0 Å². The Bertz CT molecular complexity index is 500. The van der Waals surface area contributed by atoms with E-state index in [1.165, 1.54) is 18.4 Å². The molecule has 0 radical (unpaired) electrons.